The number of carboxylic acids is 1. The molecule has 0 unspecified atom stereocenters. The molecule has 0 aromatic heterocycles. The van der Waals surface area contributed by atoms with Crippen molar-refractivity contribution in [2.75, 3.05) is 13.2 Å². The molecule has 108 valence electrons. The number of aliphatic carboxylic acids is 1. The summed E-state index contributed by atoms with van der Waals surface area (Å²) in [4.78, 5) is 22.7. The molecule has 0 aliphatic heterocycles. The van der Waals surface area contributed by atoms with E-state index in [1.165, 1.54) is 18.2 Å². The fourth-order valence-electron chi connectivity index (χ4n) is 2.09. The Morgan fingerprint density at radius 3 is 2.70 bits per heavy atom. The smallest absolute Gasteiger partial charge is 0.311 e. The molecule has 20 heavy (non-hydrogen) atoms. The lowest BCUT2D eigenvalue weighted by Crippen LogP contribution is -2.48. The number of nitrogens with one attached hydrogen (secondary N) is 1. The van der Waals surface area contributed by atoms with E-state index in [0.717, 1.165) is 6.42 Å². The van der Waals surface area contributed by atoms with Crippen molar-refractivity contribution >= 4 is 11.9 Å². The van der Waals surface area contributed by atoms with E-state index in [2.05, 4.69) is 5.32 Å². The van der Waals surface area contributed by atoms with Crippen molar-refractivity contribution in [3.63, 3.8) is 0 Å². The number of rotatable bonds is 6. The molecular weight excluding hydrogens is 265 g/mol. The Balaban J connectivity index is 1.77. The number of amides is 1. The number of carbonyl (C=O) groups excluding carboxylic acids is 1. The van der Waals surface area contributed by atoms with E-state index in [-0.39, 0.29) is 18.9 Å². The van der Waals surface area contributed by atoms with Crippen LogP contribution in [0.2, 0.25) is 0 Å². The highest BCUT2D eigenvalue weighted by atomic mass is 19.1. The van der Waals surface area contributed by atoms with Crippen molar-refractivity contribution in [1.82, 2.24) is 5.32 Å². The number of carboxylic acid groups (broad SMARTS) is 1. The molecular formula is C14H16FNO4. The van der Waals surface area contributed by atoms with E-state index in [0.29, 0.717) is 12.8 Å². The van der Waals surface area contributed by atoms with Gasteiger partial charge in [0.15, 0.2) is 6.61 Å². The summed E-state index contributed by atoms with van der Waals surface area (Å²) in [6.07, 6.45) is 2.02. The molecule has 1 amide bonds. The second kappa shape index (κ2) is 5.90. The van der Waals surface area contributed by atoms with Crippen LogP contribution in [-0.2, 0) is 9.59 Å². The van der Waals surface area contributed by atoms with Crippen molar-refractivity contribution in [3.8, 4) is 5.75 Å². The second-order valence-corrected chi connectivity index (χ2v) is 4.96. The van der Waals surface area contributed by atoms with Gasteiger partial charge in [-0.2, -0.15) is 0 Å². The van der Waals surface area contributed by atoms with Crippen LogP contribution in [0.5, 0.6) is 5.75 Å². The van der Waals surface area contributed by atoms with Crippen LogP contribution >= 0.6 is 0 Å². The molecule has 0 atom stereocenters. The van der Waals surface area contributed by atoms with Crippen molar-refractivity contribution in [3.05, 3.63) is 30.1 Å². The monoisotopic (exact) mass is 281 g/mol. The molecule has 1 aromatic carbocycles. The molecule has 5 nitrogen and oxygen atoms in total. The predicted octanol–water partition coefficient (Wildman–Crippen LogP) is 1.58. The lowest BCUT2D eigenvalue weighted by atomic mass is 9.69. The first-order valence-corrected chi connectivity index (χ1v) is 6.40. The Bertz CT molecular complexity index is 514. The van der Waals surface area contributed by atoms with Crippen LogP contribution in [0.1, 0.15) is 19.3 Å². The lowest BCUT2D eigenvalue weighted by molar-refractivity contribution is -0.154. The van der Waals surface area contributed by atoms with Crippen molar-refractivity contribution in [2.45, 2.75) is 19.3 Å². The predicted molar refractivity (Wildman–Crippen MR) is 68.8 cm³/mol. The molecule has 0 saturated heterocycles. The quantitative estimate of drug-likeness (QED) is 0.830. The van der Waals surface area contributed by atoms with Gasteiger partial charge in [-0.1, -0.05) is 12.5 Å². The van der Waals surface area contributed by atoms with Crippen LogP contribution in [-0.4, -0.2) is 30.1 Å². The third-order valence-electron chi connectivity index (χ3n) is 3.55. The zero-order valence-electron chi connectivity index (χ0n) is 10.9. The first kappa shape index (κ1) is 14.3. The van der Waals surface area contributed by atoms with E-state index in [4.69, 9.17) is 9.84 Å². The molecule has 1 saturated carbocycles. The number of hydrogen-bond donors (Lipinski definition) is 2. The van der Waals surface area contributed by atoms with Gasteiger partial charge in [0.1, 0.15) is 11.6 Å². The van der Waals surface area contributed by atoms with Gasteiger partial charge in [-0.25, -0.2) is 4.39 Å². The number of ether oxygens (including phenoxy) is 1. The minimum absolute atomic E-state index is 0.105. The molecule has 0 radical (unpaired) electrons. The van der Waals surface area contributed by atoms with E-state index in [1.54, 1.807) is 6.07 Å². The SMILES string of the molecule is O=C(COc1cccc(F)c1)NCC1(C(=O)O)CCC1. The molecule has 1 aliphatic carbocycles. The number of carbonyl (C=O) groups is 2. The maximum absolute atomic E-state index is 12.9. The fraction of sp³-hybridized carbons (Fsp3) is 0.429. The van der Waals surface area contributed by atoms with E-state index >= 15 is 0 Å². The average molecular weight is 281 g/mol. The maximum atomic E-state index is 12.9. The summed E-state index contributed by atoms with van der Waals surface area (Å²) in [5.74, 6) is -1.48. The van der Waals surface area contributed by atoms with Gasteiger partial charge in [-0.05, 0) is 25.0 Å². The molecule has 2 rings (SSSR count). The van der Waals surface area contributed by atoms with Crippen LogP contribution in [0.15, 0.2) is 24.3 Å². The van der Waals surface area contributed by atoms with Gasteiger partial charge in [0.2, 0.25) is 0 Å². The van der Waals surface area contributed by atoms with Gasteiger partial charge < -0.3 is 15.2 Å². The largest absolute Gasteiger partial charge is 0.484 e. The summed E-state index contributed by atoms with van der Waals surface area (Å²) < 4.78 is 18.0. The Hall–Kier alpha value is -2.11. The minimum atomic E-state index is -0.880. The first-order chi connectivity index (χ1) is 9.52. The molecule has 6 heteroatoms. The average Bonchev–Trinajstić information content (AvgIpc) is 2.34. The van der Waals surface area contributed by atoms with Crippen molar-refractivity contribution in [1.29, 1.82) is 0 Å². The molecule has 0 bridgehead atoms. The summed E-state index contributed by atoms with van der Waals surface area (Å²) in [5.41, 5.74) is -0.825. The van der Waals surface area contributed by atoms with E-state index in [1.807, 2.05) is 0 Å². The maximum Gasteiger partial charge on any atom is 0.311 e. The Kier molecular flexibility index (Phi) is 4.22. The molecule has 0 heterocycles. The summed E-state index contributed by atoms with van der Waals surface area (Å²) in [5, 5.41) is 11.7. The standard InChI is InChI=1S/C14H16FNO4/c15-10-3-1-4-11(7-10)20-8-12(17)16-9-14(13(18)19)5-2-6-14/h1,3-4,7H,2,5-6,8-9H2,(H,16,17)(H,18,19). The molecule has 0 spiro atoms. The van der Waals surface area contributed by atoms with Crippen LogP contribution in [0.4, 0.5) is 4.39 Å². The van der Waals surface area contributed by atoms with Gasteiger partial charge in [0.05, 0.1) is 5.41 Å². The van der Waals surface area contributed by atoms with Gasteiger partial charge >= 0.3 is 5.97 Å². The Morgan fingerprint density at radius 2 is 2.15 bits per heavy atom. The summed E-state index contributed by atoms with van der Waals surface area (Å²) in [6, 6.07) is 5.48. The highest BCUT2D eigenvalue weighted by molar-refractivity contribution is 5.80. The molecule has 1 fully saturated rings. The number of halogens is 1. The van der Waals surface area contributed by atoms with E-state index < -0.39 is 23.1 Å². The second-order valence-electron chi connectivity index (χ2n) is 4.96. The van der Waals surface area contributed by atoms with Crippen LogP contribution < -0.4 is 10.1 Å². The van der Waals surface area contributed by atoms with Crippen molar-refractivity contribution < 1.29 is 23.8 Å². The topological polar surface area (TPSA) is 75.6 Å². The summed E-state index contributed by atoms with van der Waals surface area (Å²) >= 11 is 0. The van der Waals surface area contributed by atoms with Gasteiger partial charge in [0.25, 0.3) is 5.91 Å². The highest BCUT2D eigenvalue weighted by Gasteiger charge is 2.44. The van der Waals surface area contributed by atoms with Gasteiger partial charge in [-0.3, -0.25) is 9.59 Å². The zero-order chi connectivity index (χ0) is 14.6. The van der Waals surface area contributed by atoms with Crippen LogP contribution in [0.3, 0.4) is 0 Å². The third kappa shape index (κ3) is 3.26. The van der Waals surface area contributed by atoms with Gasteiger partial charge in [-0.15, -0.1) is 0 Å². The van der Waals surface area contributed by atoms with Gasteiger partial charge in [0, 0.05) is 12.6 Å². The van der Waals surface area contributed by atoms with Crippen LogP contribution in [0, 0.1) is 11.2 Å². The van der Waals surface area contributed by atoms with Crippen LogP contribution in [0.25, 0.3) is 0 Å². The molecule has 1 aliphatic rings. The zero-order valence-corrected chi connectivity index (χ0v) is 10.9. The molecule has 1 aromatic rings. The molecule has 2 N–H and O–H groups in total. The highest BCUT2D eigenvalue weighted by Crippen LogP contribution is 2.40. The summed E-state index contributed by atoms with van der Waals surface area (Å²) in [7, 11) is 0. The van der Waals surface area contributed by atoms with E-state index in [9.17, 15) is 14.0 Å². The fourth-order valence-corrected chi connectivity index (χ4v) is 2.09. The normalized spacial score (nSPS) is 16.1. The Morgan fingerprint density at radius 1 is 1.40 bits per heavy atom. The number of benzene rings is 1. The third-order valence-corrected chi connectivity index (χ3v) is 3.55. The van der Waals surface area contributed by atoms with Crippen molar-refractivity contribution in [2.24, 2.45) is 5.41 Å². The Labute approximate surface area is 115 Å². The first-order valence-electron chi connectivity index (χ1n) is 6.40. The number of hydrogen-bond acceptors (Lipinski definition) is 3. The lowest BCUT2D eigenvalue weighted by Gasteiger charge is -2.37. The summed E-state index contributed by atoms with van der Waals surface area (Å²) in [6.45, 7) is -0.160. The minimum Gasteiger partial charge on any atom is -0.484 e.